The number of carbonyl (C=O) groups is 1. The molecule has 0 amide bonds. The van der Waals surface area contributed by atoms with Gasteiger partial charge in [0.05, 0.1) is 4.88 Å². The minimum absolute atomic E-state index is 0.254. The van der Waals surface area contributed by atoms with E-state index in [0.717, 1.165) is 24.4 Å². The number of thiophene rings is 1. The van der Waals surface area contributed by atoms with Crippen LogP contribution in [0.5, 0.6) is 0 Å². The normalized spacial score (nSPS) is 19.4. The summed E-state index contributed by atoms with van der Waals surface area (Å²) in [6.45, 7) is 2.50. The van der Waals surface area contributed by atoms with Crippen LogP contribution in [0.25, 0.3) is 0 Å². The first kappa shape index (κ1) is 12.7. The van der Waals surface area contributed by atoms with Crippen LogP contribution in [0.3, 0.4) is 0 Å². The van der Waals surface area contributed by atoms with Gasteiger partial charge in [0, 0.05) is 26.2 Å². The predicted molar refractivity (Wildman–Crippen MR) is 66.0 cm³/mol. The maximum absolute atomic E-state index is 12.2. The minimum atomic E-state index is -3.41. The summed E-state index contributed by atoms with van der Waals surface area (Å²) in [7, 11) is -1.44. The molecule has 2 heterocycles. The average molecular weight is 274 g/mol. The fourth-order valence-corrected chi connectivity index (χ4v) is 4.41. The van der Waals surface area contributed by atoms with Crippen LogP contribution in [0.2, 0.25) is 0 Å². The lowest BCUT2D eigenvalue weighted by molar-refractivity contribution is 0.112. The molecule has 5 nitrogen and oxygen atoms in total. The third kappa shape index (κ3) is 2.57. The SMILES string of the molecule is CN1CCN(S(=O)(=O)c2ccc(C=O)s2)CC1. The highest BCUT2D eigenvalue weighted by Crippen LogP contribution is 2.24. The van der Waals surface area contributed by atoms with Crippen LogP contribution < -0.4 is 0 Å². The van der Waals surface area contributed by atoms with Crippen molar-refractivity contribution in [1.29, 1.82) is 0 Å². The molecule has 1 saturated heterocycles. The molecule has 0 bridgehead atoms. The standard InChI is InChI=1S/C10H14N2O3S2/c1-11-4-6-12(7-5-11)17(14,15)10-3-2-9(8-13)16-10/h2-3,8H,4-7H2,1H3. The van der Waals surface area contributed by atoms with Gasteiger partial charge in [-0.15, -0.1) is 11.3 Å². The van der Waals surface area contributed by atoms with Gasteiger partial charge in [0.15, 0.2) is 6.29 Å². The zero-order chi connectivity index (χ0) is 12.5. The summed E-state index contributed by atoms with van der Waals surface area (Å²) in [4.78, 5) is 13.1. The monoisotopic (exact) mass is 274 g/mol. The van der Waals surface area contributed by atoms with Gasteiger partial charge in [-0.3, -0.25) is 4.79 Å². The summed E-state index contributed by atoms with van der Waals surface area (Å²) in [5.41, 5.74) is 0. The topological polar surface area (TPSA) is 57.7 Å². The molecule has 2 rings (SSSR count). The molecule has 94 valence electrons. The fraction of sp³-hybridized carbons (Fsp3) is 0.500. The van der Waals surface area contributed by atoms with Gasteiger partial charge in [-0.1, -0.05) is 0 Å². The average Bonchev–Trinajstić information content (AvgIpc) is 2.78. The van der Waals surface area contributed by atoms with E-state index in [2.05, 4.69) is 4.90 Å². The molecule has 0 atom stereocenters. The van der Waals surface area contributed by atoms with Crippen LogP contribution in [-0.2, 0) is 10.0 Å². The number of nitrogens with zero attached hydrogens (tertiary/aromatic N) is 2. The quantitative estimate of drug-likeness (QED) is 0.753. The van der Waals surface area contributed by atoms with E-state index in [-0.39, 0.29) is 4.21 Å². The number of sulfonamides is 1. The van der Waals surface area contributed by atoms with Crippen molar-refractivity contribution in [3.05, 3.63) is 17.0 Å². The molecule has 0 radical (unpaired) electrons. The van der Waals surface area contributed by atoms with Crippen LogP contribution in [0.4, 0.5) is 0 Å². The number of piperazine rings is 1. The van der Waals surface area contributed by atoms with E-state index in [1.807, 2.05) is 7.05 Å². The summed E-state index contributed by atoms with van der Waals surface area (Å²) >= 11 is 1.02. The van der Waals surface area contributed by atoms with Crippen molar-refractivity contribution in [1.82, 2.24) is 9.21 Å². The first-order valence-electron chi connectivity index (χ1n) is 5.28. The minimum Gasteiger partial charge on any atom is -0.304 e. The van der Waals surface area contributed by atoms with Crippen LogP contribution in [0.1, 0.15) is 9.67 Å². The van der Waals surface area contributed by atoms with Crippen molar-refractivity contribution >= 4 is 27.6 Å². The summed E-state index contributed by atoms with van der Waals surface area (Å²) in [6.07, 6.45) is 0.674. The number of hydrogen-bond donors (Lipinski definition) is 0. The summed E-state index contributed by atoms with van der Waals surface area (Å²) in [6, 6.07) is 3.04. The number of aldehydes is 1. The van der Waals surface area contributed by atoms with Crippen LogP contribution in [-0.4, -0.2) is 57.1 Å². The number of carbonyl (C=O) groups excluding carboxylic acids is 1. The molecule has 0 N–H and O–H groups in total. The summed E-state index contributed by atoms with van der Waals surface area (Å²) < 4.78 is 26.2. The Morgan fingerprint density at radius 2 is 1.88 bits per heavy atom. The third-order valence-electron chi connectivity index (χ3n) is 2.77. The molecule has 17 heavy (non-hydrogen) atoms. The Morgan fingerprint density at radius 1 is 1.24 bits per heavy atom. The van der Waals surface area contributed by atoms with Crippen molar-refractivity contribution in [2.75, 3.05) is 33.2 Å². The van der Waals surface area contributed by atoms with E-state index < -0.39 is 10.0 Å². The summed E-state index contributed by atoms with van der Waals surface area (Å²) in [5.74, 6) is 0. The van der Waals surface area contributed by atoms with E-state index in [0.29, 0.717) is 24.3 Å². The molecule has 0 aliphatic carbocycles. The second-order valence-corrected chi connectivity index (χ2v) is 7.26. The Labute approximate surface area is 105 Å². The van der Waals surface area contributed by atoms with Gasteiger partial charge in [-0.2, -0.15) is 4.31 Å². The van der Waals surface area contributed by atoms with E-state index in [1.165, 1.54) is 10.4 Å². The molecular formula is C10H14N2O3S2. The molecule has 7 heteroatoms. The maximum atomic E-state index is 12.2. The van der Waals surface area contributed by atoms with E-state index in [4.69, 9.17) is 0 Å². The zero-order valence-electron chi connectivity index (χ0n) is 9.50. The molecule has 0 spiro atoms. The van der Waals surface area contributed by atoms with Crippen LogP contribution in [0.15, 0.2) is 16.3 Å². The van der Waals surface area contributed by atoms with E-state index in [1.54, 1.807) is 6.07 Å². The maximum Gasteiger partial charge on any atom is 0.252 e. The van der Waals surface area contributed by atoms with Crippen molar-refractivity contribution < 1.29 is 13.2 Å². The Hall–Kier alpha value is -0.760. The Kier molecular flexibility index (Phi) is 3.62. The van der Waals surface area contributed by atoms with Crippen LogP contribution >= 0.6 is 11.3 Å². The van der Waals surface area contributed by atoms with E-state index in [9.17, 15) is 13.2 Å². The summed E-state index contributed by atoms with van der Waals surface area (Å²) in [5, 5.41) is 0. The molecule has 1 fully saturated rings. The zero-order valence-corrected chi connectivity index (χ0v) is 11.1. The molecule has 1 aliphatic heterocycles. The van der Waals surface area contributed by atoms with Gasteiger partial charge in [0.1, 0.15) is 4.21 Å². The highest BCUT2D eigenvalue weighted by Gasteiger charge is 2.28. The second-order valence-electron chi connectivity index (χ2n) is 3.98. The largest absolute Gasteiger partial charge is 0.304 e. The smallest absolute Gasteiger partial charge is 0.252 e. The first-order valence-corrected chi connectivity index (χ1v) is 7.53. The Morgan fingerprint density at radius 3 is 2.41 bits per heavy atom. The molecule has 0 unspecified atom stereocenters. The van der Waals surface area contributed by atoms with Gasteiger partial charge in [0.25, 0.3) is 10.0 Å². The second kappa shape index (κ2) is 4.85. The Balaban J connectivity index is 2.21. The fourth-order valence-electron chi connectivity index (χ4n) is 1.69. The van der Waals surface area contributed by atoms with Gasteiger partial charge >= 0.3 is 0 Å². The Bertz CT molecular complexity index is 501. The first-order chi connectivity index (χ1) is 8.04. The van der Waals surface area contributed by atoms with Crippen molar-refractivity contribution in [2.45, 2.75) is 4.21 Å². The number of likely N-dealkylation sites (N-methyl/N-ethyl adjacent to an activating group) is 1. The van der Waals surface area contributed by atoms with Crippen molar-refractivity contribution in [3.63, 3.8) is 0 Å². The lowest BCUT2D eigenvalue weighted by Gasteiger charge is -2.31. The lowest BCUT2D eigenvalue weighted by Crippen LogP contribution is -2.46. The molecule has 1 aliphatic rings. The van der Waals surface area contributed by atoms with Crippen molar-refractivity contribution in [2.24, 2.45) is 0 Å². The predicted octanol–water partition coefficient (Wildman–Crippen LogP) is 0.497. The van der Waals surface area contributed by atoms with Gasteiger partial charge < -0.3 is 4.90 Å². The number of rotatable bonds is 3. The highest BCUT2D eigenvalue weighted by atomic mass is 32.2. The molecular weight excluding hydrogens is 260 g/mol. The van der Waals surface area contributed by atoms with Crippen LogP contribution in [0, 0.1) is 0 Å². The van der Waals surface area contributed by atoms with Gasteiger partial charge in [-0.25, -0.2) is 8.42 Å². The van der Waals surface area contributed by atoms with Crippen molar-refractivity contribution in [3.8, 4) is 0 Å². The van der Waals surface area contributed by atoms with Gasteiger partial charge in [-0.05, 0) is 19.2 Å². The molecule has 1 aromatic rings. The third-order valence-corrected chi connectivity index (χ3v) is 6.15. The molecule has 0 saturated carbocycles. The number of hydrogen-bond acceptors (Lipinski definition) is 5. The van der Waals surface area contributed by atoms with E-state index >= 15 is 0 Å². The highest BCUT2D eigenvalue weighted by molar-refractivity contribution is 7.91. The van der Waals surface area contributed by atoms with Gasteiger partial charge in [0.2, 0.25) is 0 Å². The molecule has 1 aromatic heterocycles. The molecule has 0 aromatic carbocycles. The lowest BCUT2D eigenvalue weighted by atomic mass is 10.4.